The zero-order valence-corrected chi connectivity index (χ0v) is 15.8. The first-order valence-corrected chi connectivity index (χ1v) is 10.3. The Labute approximate surface area is 154 Å². The molecule has 1 unspecified atom stereocenters. The van der Waals surface area contributed by atoms with Gasteiger partial charge in [0.25, 0.3) is 0 Å². The summed E-state index contributed by atoms with van der Waals surface area (Å²) in [5.74, 6) is 0.314. The zero-order valence-electron chi connectivity index (χ0n) is 15.0. The zero-order chi connectivity index (χ0) is 18.7. The van der Waals surface area contributed by atoms with E-state index in [0.29, 0.717) is 30.9 Å². The van der Waals surface area contributed by atoms with E-state index in [1.807, 2.05) is 30.3 Å². The average Bonchev–Trinajstić information content (AvgIpc) is 2.61. The minimum absolute atomic E-state index is 0.0349. The van der Waals surface area contributed by atoms with Gasteiger partial charge >= 0.3 is 0 Å². The molecule has 0 bridgehead atoms. The van der Waals surface area contributed by atoms with Crippen LogP contribution in [0.25, 0.3) is 0 Å². The lowest BCUT2D eigenvalue weighted by molar-refractivity contribution is -0.116. The van der Waals surface area contributed by atoms with Crippen molar-refractivity contribution in [2.24, 2.45) is 5.92 Å². The summed E-state index contributed by atoms with van der Waals surface area (Å²) in [6.07, 6.45) is 1.65. The SMILES string of the molecule is CC(C)CC(NS(=O)(=O)c1ccc2c(c1)CCC(=O)N2)c1ccccc1. The number of nitrogens with one attached hydrogen (secondary N) is 2. The van der Waals surface area contributed by atoms with Crippen LogP contribution < -0.4 is 10.0 Å². The summed E-state index contributed by atoms with van der Waals surface area (Å²) >= 11 is 0. The molecular weight excluding hydrogens is 348 g/mol. The molecule has 0 radical (unpaired) electrons. The lowest BCUT2D eigenvalue weighted by atomic mass is 9.98. The maximum Gasteiger partial charge on any atom is 0.241 e. The third-order valence-corrected chi connectivity index (χ3v) is 5.96. The Bertz CT molecular complexity index is 893. The van der Waals surface area contributed by atoms with E-state index >= 15 is 0 Å². The van der Waals surface area contributed by atoms with Crippen LogP contribution in [0.5, 0.6) is 0 Å². The molecule has 138 valence electrons. The molecule has 2 aromatic rings. The number of benzene rings is 2. The molecule has 1 heterocycles. The van der Waals surface area contributed by atoms with Gasteiger partial charge in [-0.15, -0.1) is 0 Å². The fraction of sp³-hybridized carbons (Fsp3) is 0.350. The topological polar surface area (TPSA) is 75.3 Å². The summed E-state index contributed by atoms with van der Waals surface area (Å²) in [5.41, 5.74) is 2.50. The fourth-order valence-electron chi connectivity index (χ4n) is 3.19. The molecule has 26 heavy (non-hydrogen) atoms. The van der Waals surface area contributed by atoms with E-state index in [1.165, 1.54) is 0 Å². The predicted molar refractivity (Wildman–Crippen MR) is 102 cm³/mol. The second-order valence-corrected chi connectivity index (χ2v) is 8.80. The second kappa shape index (κ2) is 7.60. The molecule has 0 saturated heterocycles. The van der Waals surface area contributed by atoms with Crippen molar-refractivity contribution in [3.63, 3.8) is 0 Å². The third kappa shape index (κ3) is 4.31. The van der Waals surface area contributed by atoms with E-state index in [-0.39, 0.29) is 16.8 Å². The first-order chi connectivity index (χ1) is 12.3. The summed E-state index contributed by atoms with van der Waals surface area (Å²) < 4.78 is 28.8. The van der Waals surface area contributed by atoms with Crippen molar-refractivity contribution in [1.82, 2.24) is 4.72 Å². The highest BCUT2D eigenvalue weighted by molar-refractivity contribution is 7.89. The van der Waals surface area contributed by atoms with E-state index in [4.69, 9.17) is 0 Å². The van der Waals surface area contributed by atoms with E-state index in [9.17, 15) is 13.2 Å². The molecule has 1 atom stereocenters. The van der Waals surface area contributed by atoms with Gasteiger partial charge in [-0.25, -0.2) is 13.1 Å². The molecule has 1 amide bonds. The molecule has 0 spiro atoms. The lowest BCUT2D eigenvalue weighted by Gasteiger charge is -2.22. The van der Waals surface area contributed by atoms with Crippen LogP contribution in [0.1, 0.15) is 43.9 Å². The maximum absolute atomic E-state index is 12.9. The summed E-state index contributed by atoms with van der Waals surface area (Å²) in [6, 6.07) is 14.2. The van der Waals surface area contributed by atoms with Crippen molar-refractivity contribution in [2.75, 3.05) is 5.32 Å². The number of sulfonamides is 1. The Morgan fingerprint density at radius 2 is 1.81 bits per heavy atom. The normalized spacial score (nSPS) is 15.4. The molecular formula is C20H24N2O3S. The standard InChI is InChI=1S/C20H24N2O3S/c1-14(2)12-19(15-6-4-3-5-7-15)22-26(24,25)17-9-10-18-16(13-17)8-11-20(23)21-18/h3-7,9-10,13-14,19,22H,8,11-12H2,1-2H3,(H,21,23). The quantitative estimate of drug-likeness (QED) is 0.813. The largest absolute Gasteiger partial charge is 0.326 e. The molecule has 0 saturated carbocycles. The molecule has 6 heteroatoms. The second-order valence-electron chi connectivity index (χ2n) is 7.08. The highest BCUT2D eigenvalue weighted by Crippen LogP contribution is 2.28. The summed E-state index contributed by atoms with van der Waals surface area (Å²) in [5, 5.41) is 2.78. The van der Waals surface area contributed by atoms with Gasteiger partial charge in [0, 0.05) is 18.2 Å². The highest BCUT2D eigenvalue weighted by Gasteiger charge is 2.24. The van der Waals surface area contributed by atoms with Crippen LogP contribution in [0.4, 0.5) is 5.69 Å². The Kier molecular flexibility index (Phi) is 5.44. The van der Waals surface area contributed by atoms with E-state index in [0.717, 1.165) is 11.1 Å². The van der Waals surface area contributed by atoms with Crippen LogP contribution in [0.2, 0.25) is 0 Å². The lowest BCUT2D eigenvalue weighted by Crippen LogP contribution is -2.30. The predicted octanol–water partition coefficient (Wildman–Crippen LogP) is 3.64. The highest BCUT2D eigenvalue weighted by atomic mass is 32.2. The summed E-state index contributed by atoms with van der Waals surface area (Å²) in [6.45, 7) is 4.15. The number of carbonyl (C=O) groups is 1. The van der Waals surface area contributed by atoms with Gasteiger partial charge in [0.2, 0.25) is 15.9 Å². The van der Waals surface area contributed by atoms with Crippen molar-refractivity contribution >= 4 is 21.6 Å². The number of anilines is 1. The molecule has 1 aliphatic heterocycles. The van der Waals surface area contributed by atoms with Crippen LogP contribution in [-0.2, 0) is 21.2 Å². The maximum atomic E-state index is 12.9. The Hall–Kier alpha value is -2.18. The molecule has 1 aliphatic rings. The first-order valence-electron chi connectivity index (χ1n) is 8.85. The Morgan fingerprint density at radius 3 is 2.50 bits per heavy atom. The number of hydrogen-bond donors (Lipinski definition) is 2. The number of carbonyl (C=O) groups excluding carboxylic acids is 1. The van der Waals surface area contributed by atoms with Crippen molar-refractivity contribution in [1.29, 1.82) is 0 Å². The van der Waals surface area contributed by atoms with Gasteiger partial charge < -0.3 is 5.32 Å². The Balaban J connectivity index is 1.88. The summed E-state index contributed by atoms with van der Waals surface area (Å²) in [4.78, 5) is 11.7. The van der Waals surface area contributed by atoms with Crippen LogP contribution >= 0.6 is 0 Å². The van der Waals surface area contributed by atoms with Crippen molar-refractivity contribution in [3.05, 3.63) is 59.7 Å². The minimum atomic E-state index is -3.66. The van der Waals surface area contributed by atoms with E-state index in [2.05, 4.69) is 23.9 Å². The average molecular weight is 372 g/mol. The number of aryl methyl sites for hydroxylation is 1. The molecule has 3 rings (SSSR count). The van der Waals surface area contributed by atoms with Gasteiger partial charge in [0.1, 0.15) is 0 Å². The number of hydrogen-bond acceptors (Lipinski definition) is 3. The van der Waals surface area contributed by atoms with Crippen molar-refractivity contribution in [2.45, 2.75) is 44.0 Å². The fourth-order valence-corrected chi connectivity index (χ4v) is 4.48. The van der Waals surface area contributed by atoms with Crippen molar-refractivity contribution in [3.8, 4) is 0 Å². The van der Waals surface area contributed by atoms with E-state index in [1.54, 1.807) is 18.2 Å². The van der Waals surface area contributed by atoms with Crippen LogP contribution in [0.15, 0.2) is 53.4 Å². The number of rotatable bonds is 6. The van der Waals surface area contributed by atoms with Crippen molar-refractivity contribution < 1.29 is 13.2 Å². The van der Waals surface area contributed by atoms with Gasteiger partial charge in [-0.3, -0.25) is 4.79 Å². The number of amides is 1. The molecule has 0 fully saturated rings. The van der Waals surface area contributed by atoms with E-state index < -0.39 is 10.0 Å². The molecule has 5 nitrogen and oxygen atoms in total. The molecule has 2 aromatic carbocycles. The van der Waals surface area contributed by atoms with Gasteiger partial charge in [0.05, 0.1) is 4.90 Å². The first kappa shape index (κ1) is 18.6. The number of fused-ring (bicyclic) bond motifs is 1. The summed E-state index contributed by atoms with van der Waals surface area (Å²) in [7, 11) is -3.66. The molecule has 0 aliphatic carbocycles. The monoisotopic (exact) mass is 372 g/mol. The van der Waals surface area contributed by atoms with Crippen LogP contribution in [0, 0.1) is 5.92 Å². The van der Waals surface area contributed by atoms with Gasteiger partial charge in [-0.2, -0.15) is 0 Å². The smallest absolute Gasteiger partial charge is 0.241 e. The van der Waals surface area contributed by atoms with Gasteiger partial charge in [0.15, 0.2) is 0 Å². The third-order valence-electron chi connectivity index (χ3n) is 4.49. The molecule has 0 aromatic heterocycles. The minimum Gasteiger partial charge on any atom is -0.326 e. The van der Waals surface area contributed by atoms with Crippen LogP contribution in [-0.4, -0.2) is 14.3 Å². The van der Waals surface area contributed by atoms with Crippen LogP contribution in [0.3, 0.4) is 0 Å². The van der Waals surface area contributed by atoms with Gasteiger partial charge in [-0.1, -0.05) is 44.2 Å². The molecule has 2 N–H and O–H groups in total. The Morgan fingerprint density at radius 1 is 1.08 bits per heavy atom. The van der Waals surface area contributed by atoms with Gasteiger partial charge in [-0.05, 0) is 48.1 Å².